The maximum Gasteiger partial charge on any atom is 0.133 e. The van der Waals surface area contributed by atoms with Crippen molar-refractivity contribution in [3.8, 4) is 5.75 Å². The fourth-order valence-electron chi connectivity index (χ4n) is 1.98. The normalized spacial score (nSPS) is 11.4. The van der Waals surface area contributed by atoms with Crippen molar-refractivity contribution in [2.75, 3.05) is 0 Å². The average molecular weight is 335 g/mol. The van der Waals surface area contributed by atoms with Crippen molar-refractivity contribution in [3.05, 3.63) is 58.6 Å². The minimum atomic E-state index is -1.40. The van der Waals surface area contributed by atoms with Crippen LogP contribution in [0.15, 0.2) is 53.0 Å². The Morgan fingerprint density at radius 1 is 0.947 bits per heavy atom. The predicted molar refractivity (Wildman–Crippen MR) is 87.9 cm³/mol. The zero-order valence-corrected chi connectivity index (χ0v) is 14.2. The van der Waals surface area contributed by atoms with Crippen molar-refractivity contribution in [2.45, 2.75) is 26.2 Å². The van der Waals surface area contributed by atoms with Gasteiger partial charge in [-0.3, -0.25) is 0 Å². The summed E-state index contributed by atoms with van der Waals surface area (Å²) in [5, 5.41) is 1.36. The lowest BCUT2D eigenvalue weighted by Gasteiger charge is -2.22. The molecule has 0 atom stereocenters. The number of hydrogen-bond donors (Lipinski definition) is 0. The molecule has 0 fully saturated rings. The van der Waals surface area contributed by atoms with Crippen LogP contribution in [0.3, 0.4) is 0 Å². The van der Waals surface area contributed by atoms with E-state index in [1.54, 1.807) is 0 Å². The minimum Gasteiger partial charge on any atom is -0.488 e. The zero-order valence-electron chi connectivity index (χ0n) is 11.6. The Bertz CT molecular complexity index is 546. The average Bonchev–Trinajstić information content (AvgIpc) is 2.37. The smallest absolute Gasteiger partial charge is 0.133 e. The Morgan fingerprint density at radius 3 is 2.26 bits per heavy atom. The molecule has 0 N–H and O–H groups in total. The first-order chi connectivity index (χ1) is 8.98. The van der Waals surface area contributed by atoms with Gasteiger partial charge in [-0.25, -0.2) is 0 Å². The molecule has 0 unspecified atom stereocenters. The molecule has 1 nitrogen and oxygen atoms in total. The Kier molecular flexibility index (Phi) is 4.48. The highest BCUT2D eigenvalue weighted by atomic mass is 79.9. The third kappa shape index (κ3) is 3.70. The third-order valence-electron chi connectivity index (χ3n) is 3.00. The summed E-state index contributed by atoms with van der Waals surface area (Å²) in [6, 6.07) is 16.6. The van der Waals surface area contributed by atoms with Crippen LogP contribution in [-0.4, -0.2) is 8.07 Å². The summed E-state index contributed by atoms with van der Waals surface area (Å²) in [6.07, 6.45) is 0. The number of rotatable bonds is 4. The molecule has 2 aromatic carbocycles. The first-order valence-electron chi connectivity index (χ1n) is 6.44. The molecule has 2 aromatic rings. The highest BCUT2D eigenvalue weighted by molar-refractivity contribution is 9.10. The van der Waals surface area contributed by atoms with Gasteiger partial charge < -0.3 is 4.74 Å². The van der Waals surface area contributed by atoms with Gasteiger partial charge in [0, 0.05) is 0 Å². The van der Waals surface area contributed by atoms with Crippen LogP contribution in [0.25, 0.3) is 0 Å². The van der Waals surface area contributed by atoms with Gasteiger partial charge in [-0.1, -0.05) is 62.1 Å². The number of hydrogen-bond acceptors (Lipinski definition) is 1. The van der Waals surface area contributed by atoms with E-state index in [2.05, 4.69) is 59.8 Å². The number of halogens is 1. The lowest BCUT2D eigenvalue weighted by Crippen LogP contribution is -2.38. The van der Waals surface area contributed by atoms with E-state index in [1.807, 2.05) is 24.3 Å². The molecule has 2 rings (SSSR count). The second kappa shape index (κ2) is 5.93. The molecule has 0 saturated carbocycles. The molecule has 0 saturated heterocycles. The van der Waals surface area contributed by atoms with E-state index in [0.717, 1.165) is 10.2 Å². The topological polar surface area (TPSA) is 9.23 Å². The highest BCUT2D eigenvalue weighted by Gasteiger charge is 2.22. The molecule has 0 aromatic heterocycles. The van der Waals surface area contributed by atoms with E-state index in [0.29, 0.717) is 6.61 Å². The van der Waals surface area contributed by atoms with E-state index >= 15 is 0 Å². The van der Waals surface area contributed by atoms with Gasteiger partial charge in [-0.15, -0.1) is 0 Å². The summed E-state index contributed by atoms with van der Waals surface area (Å²) in [7, 11) is -1.40. The van der Waals surface area contributed by atoms with Gasteiger partial charge in [-0.05, 0) is 32.7 Å². The highest BCUT2D eigenvalue weighted by Crippen LogP contribution is 2.26. The Morgan fingerprint density at radius 2 is 1.63 bits per heavy atom. The lowest BCUT2D eigenvalue weighted by atomic mass is 10.2. The monoisotopic (exact) mass is 334 g/mol. The van der Waals surface area contributed by atoms with E-state index in [4.69, 9.17) is 4.74 Å². The number of benzene rings is 2. The molecular weight excluding hydrogens is 316 g/mol. The fourth-order valence-corrected chi connectivity index (χ4v) is 4.12. The van der Waals surface area contributed by atoms with Crippen molar-refractivity contribution in [2.24, 2.45) is 0 Å². The zero-order chi connectivity index (χ0) is 13.9. The maximum absolute atomic E-state index is 6.07. The lowest BCUT2D eigenvalue weighted by molar-refractivity contribution is 0.306. The van der Waals surface area contributed by atoms with Crippen LogP contribution in [0.4, 0.5) is 0 Å². The summed E-state index contributed by atoms with van der Waals surface area (Å²) in [4.78, 5) is 0. The first kappa shape index (κ1) is 14.3. The van der Waals surface area contributed by atoms with Crippen LogP contribution >= 0.6 is 15.9 Å². The van der Waals surface area contributed by atoms with Crippen LogP contribution in [0, 0.1) is 0 Å². The predicted octanol–water partition coefficient (Wildman–Crippen LogP) is 4.57. The summed E-state index contributed by atoms with van der Waals surface area (Å²) in [6.45, 7) is 7.62. The van der Waals surface area contributed by atoms with E-state index < -0.39 is 8.07 Å². The molecule has 3 heteroatoms. The molecule has 0 bridgehead atoms. The summed E-state index contributed by atoms with van der Waals surface area (Å²) in [5.74, 6) is 1.01. The van der Waals surface area contributed by atoms with E-state index in [-0.39, 0.29) is 0 Å². The Hall–Kier alpha value is -1.06. The second-order valence-electron chi connectivity index (χ2n) is 5.64. The third-order valence-corrected chi connectivity index (χ3v) is 5.64. The van der Waals surface area contributed by atoms with Gasteiger partial charge >= 0.3 is 0 Å². The minimum absolute atomic E-state index is 0.612. The van der Waals surface area contributed by atoms with Gasteiger partial charge in [0.25, 0.3) is 0 Å². The van der Waals surface area contributed by atoms with Crippen molar-refractivity contribution < 1.29 is 4.74 Å². The maximum atomic E-state index is 6.07. The van der Waals surface area contributed by atoms with Gasteiger partial charge in [0.15, 0.2) is 0 Å². The van der Waals surface area contributed by atoms with Crippen molar-refractivity contribution >= 4 is 29.2 Å². The standard InChI is InChI=1S/C16H19BrOSi/c1-19(2,3)15-11-7-10-14(17)16(15)18-12-13-8-5-4-6-9-13/h4-11H,12H2,1-3H3. The van der Waals surface area contributed by atoms with E-state index in [9.17, 15) is 0 Å². The quantitative estimate of drug-likeness (QED) is 0.744. The fraction of sp³-hybridized carbons (Fsp3) is 0.250. The van der Waals surface area contributed by atoms with Gasteiger partial charge in [0.1, 0.15) is 12.4 Å². The van der Waals surface area contributed by atoms with Crippen molar-refractivity contribution in [1.82, 2.24) is 0 Å². The van der Waals surface area contributed by atoms with Crippen LogP contribution in [0.5, 0.6) is 5.75 Å². The van der Waals surface area contributed by atoms with E-state index in [1.165, 1.54) is 10.8 Å². The van der Waals surface area contributed by atoms with Gasteiger partial charge in [-0.2, -0.15) is 0 Å². The second-order valence-corrected chi connectivity index (χ2v) is 11.5. The molecule has 0 aliphatic carbocycles. The van der Waals surface area contributed by atoms with Gasteiger partial charge in [0.2, 0.25) is 0 Å². The molecule has 0 radical (unpaired) electrons. The molecule has 100 valence electrons. The van der Waals surface area contributed by atoms with Gasteiger partial charge in [0.05, 0.1) is 12.5 Å². The molecule has 0 amide bonds. The largest absolute Gasteiger partial charge is 0.488 e. The molecule has 0 spiro atoms. The van der Waals surface area contributed by atoms with Crippen LogP contribution in [-0.2, 0) is 6.61 Å². The Balaban J connectivity index is 2.25. The summed E-state index contributed by atoms with van der Waals surface area (Å²) >= 11 is 3.61. The molecule has 19 heavy (non-hydrogen) atoms. The first-order valence-corrected chi connectivity index (χ1v) is 10.7. The summed E-state index contributed by atoms with van der Waals surface area (Å²) in [5.41, 5.74) is 1.19. The van der Waals surface area contributed by atoms with Crippen LogP contribution in [0.1, 0.15) is 5.56 Å². The number of para-hydroxylation sites is 1. The summed E-state index contributed by atoms with van der Waals surface area (Å²) < 4.78 is 7.11. The molecule has 0 aliphatic rings. The van der Waals surface area contributed by atoms with Crippen molar-refractivity contribution in [1.29, 1.82) is 0 Å². The van der Waals surface area contributed by atoms with Crippen LogP contribution in [0.2, 0.25) is 19.6 Å². The SMILES string of the molecule is C[Si](C)(C)c1cccc(Br)c1OCc1ccccc1. The van der Waals surface area contributed by atoms with Crippen LogP contribution < -0.4 is 9.92 Å². The molecule has 0 aliphatic heterocycles. The molecular formula is C16H19BrOSi. The number of ether oxygens (including phenoxy) is 1. The van der Waals surface area contributed by atoms with Crippen molar-refractivity contribution in [3.63, 3.8) is 0 Å². The Labute approximate surface area is 124 Å². The molecule has 0 heterocycles.